The minimum Gasteiger partial charge on any atom is -0.336 e. The van der Waals surface area contributed by atoms with Gasteiger partial charge in [-0.2, -0.15) is 0 Å². The van der Waals surface area contributed by atoms with Crippen molar-refractivity contribution in [2.45, 2.75) is 26.3 Å². The number of carbonyl (C=O) groups excluding carboxylic acids is 1. The normalized spacial score (nSPS) is 19.4. The van der Waals surface area contributed by atoms with E-state index in [1.54, 1.807) is 4.90 Å². The van der Waals surface area contributed by atoms with Crippen LogP contribution in [0.4, 0.5) is 8.78 Å². The van der Waals surface area contributed by atoms with E-state index in [0.717, 1.165) is 25.1 Å². The zero-order chi connectivity index (χ0) is 14.7. The van der Waals surface area contributed by atoms with Gasteiger partial charge in [-0.1, -0.05) is 13.8 Å². The quantitative estimate of drug-likeness (QED) is 0.923. The van der Waals surface area contributed by atoms with E-state index in [2.05, 4.69) is 19.2 Å². The fraction of sp³-hybridized carbons (Fsp3) is 0.533. The molecule has 20 heavy (non-hydrogen) atoms. The zero-order valence-corrected chi connectivity index (χ0v) is 11.8. The molecule has 1 aliphatic heterocycles. The highest BCUT2D eigenvalue weighted by Gasteiger charge is 2.25. The van der Waals surface area contributed by atoms with Crippen LogP contribution < -0.4 is 5.32 Å². The molecule has 1 atom stereocenters. The number of carbonyl (C=O) groups is 1. The highest BCUT2D eigenvalue weighted by Crippen LogP contribution is 2.14. The molecule has 1 heterocycles. The Kier molecular flexibility index (Phi) is 4.70. The largest absolute Gasteiger partial charge is 0.336 e. The molecule has 3 nitrogen and oxygen atoms in total. The predicted molar refractivity (Wildman–Crippen MR) is 73.5 cm³/mol. The van der Waals surface area contributed by atoms with Crippen molar-refractivity contribution in [2.75, 3.05) is 19.6 Å². The molecule has 1 saturated heterocycles. The smallest absolute Gasteiger partial charge is 0.254 e. The van der Waals surface area contributed by atoms with E-state index in [9.17, 15) is 13.6 Å². The Balaban J connectivity index is 2.06. The Morgan fingerprint density at radius 2 is 2.15 bits per heavy atom. The third-order valence-electron chi connectivity index (χ3n) is 3.47. The van der Waals surface area contributed by atoms with Crippen molar-refractivity contribution in [1.29, 1.82) is 0 Å². The van der Waals surface area contributed by atoms with Crippen molar-refractivity contribution in [1.82, 2.24) is 10.2 Å². The third kappa shape index (κ3) is 3.54. The molecule has 1 unspecified atom stereocenters. The first-order valence-corrected chi connectivity index (χ1v) is 6.95. The van der Waals surface area contributed by atoms with Crippen LogP contribution in [0.2, 0.25) is 0 Å². The van der Waals surface area contributed by atoms with Gasteiger partial charge >= 0.3 is 0 Å². The molecule has 1 aromatic rings. The summed E-state index contributed by atoms with van der Waals surface area (Å²) in [6, 6.07) is 3.56. The molecule has 1 fully saturated rings. The number of benzene rings is 1. The number of nitrogens with one attached hydrogen (secondary N) is 1. The molecule has 1 amide bonds. The van der Waals surface area contributed by atoms with Crippen molar-refractivity contribution in [3.05, 3.63) is 35.4 Å². The van der Waals surface area contributed by atoms with Gasteiger partial charge in [0.05, 0.1) is 0 Å². The first-order valence-electron chi connectivity index (χ1n) is 6.95. The van der Waals surface area contributed by atoms with E-state index in [0.29, 0.717) is 19.0 Å². The Labute approximate surface area is 118 Å². The fourth-order valence-corrected chi connectivity index (χ4v) is 2.55. The molecule has 0 aliphatic carbocycles. The van der Waals surface area contributed by atoms with Crippen LogP contribution in [0.15, 0.2) is 18.2 Å². The van der Waals surface area contributed by atoms with E-state index in [1.807, 2.05) is 0 Å². The minimum absolute atomic E-state index is 0.203. The maximum Gasteiger partial charge on any atom is 0.254 e. The number of rotatable bonds is 3. The van der Waals surface area contributed by atoms with Crippen LogP contribution in [0.3, 0.4) is 0 Å². The molecule has 0 saturated carbocycles. The van der Waals surface area contributed by atoms with Crippen LogP contribution in [0.1, 0.15) is 30.6 Å². The number of halogens is 2. The van der Waals surface area contributed by atoms with E-state index in [4.69, 9.17) is 0 Å². The van der Waals surface area contributed by atoms with Crippen molar-refractivity contribution < 1.29 is 13.6 Å². The lowest BCUT2D eigenvalue weighted by Gasteiger charge is -2.34. The maximum atomic E-state index is 13.2. The SMILES string of the molecule is CC(C)CC1CN(C(=O)c2ccc(F)c(F)c2)CCN1. The minimum atomic E-state index is -0.982. The number of hydrogen-bond donors (Lipinski definition) is 1. The van der Waals surface area contributed by atoms with E-state index < -0.39 is 11.6 Å². The second-order valence-corrected chi connectivity index (χ2v) is 5.66. The van der Waals surface area contributed by atoms with Crippen LogP contribution in [-0.4, -0.2) is 36.5 Å². The highest BCUT2D eigenvalue weighted by molar-refractivity contribution is 5.94. The summed E-state index contributed by atoms with van der Waals surface area (Å²) in [6.45, 7) is 6.20. The summed E-state index contributed by atoms with van der Waals surface area (Å²) in [4.78, 5) is 14.0. The molecule has 1 N–H and O–H groups in total. The third-order valence-corrected chi connectivity index (χ3v) is 3.47. The summed E-state index contributed by atoms with van der Waals surface area (Å²) in [7, 11) is 0. The number of nitrogens with zero attached hydrogens (tertiary/aromatic N) is 1. The Morgan fingerprint density at radius 3 is 2.80 bits per heavy atom. The van der Waals surface area contributed by atoms with Gasteiger partial charge in [-0.15, -0.1) is 0 Å². The lowest BCUT2D eigenvalue weighted by atomic mass is 10.0. The highest BCUT2D eigenvalue weighted by atomic mass is 19.2. The Bertz CT molecular complexity index is 491. The van der Waals surface area contributed by atoms with Gasteiger partial charge in [0.1, 0.15) is 0 Å². The Hall–Kier alpha value is -1.49. The summed E-state index contributed by atoms with van der Waals surface area (Å²) in [5.41, 5.74) is 0.203. The molecular weight excluding hydrogens is 262 g/mol. The summed E-state index contributed by atoms with van der Waals surface area (Å²) in [5.74, 6) is -1.60. The van der Waals surface area contributed by atoms with Gasteiger partial charge in [-0.3, -0.25) is 4.79 Å². The van der Waals surface area contributed by atoms with Crippen LogP contribution in [0, 0.1) is 17.6 Å². The van der Waals surface area contributed by atoms with E-state index in [1.165, 1.54) is 6.07 Å². The van der Waals surface area contributed by atoms with Crippen LogP contribution in [-0.2, 0) is 0 Å². The zero-order valence-electron chi connectivity index (χ0n) is 11.8. The second kappa shape index (κ2) is 6.31. The van der Waals surface area contributed by atoms with Crippen LogP contribution in [0.5, 0.6) is 0 Å². The average molecular weight is 282 g/mol. The molecule has 1 aromatic carbocycles. The lowest BCUT2D eigenvalue weighted by Crippen LogP contribution is -2.53. The molecule has 0 aromatic heterocycles. The summed E-state index contributed by atoms with van der Waals surface area (Å²) >= 11 is 0. The summed E-state index contributed by atoms with van der Waals surface area (Å²) < 4.78 is 26.1. The Morgan fingerprint density at radius 1 is 1.40 bits per heavy atom. The van der Waals surface area contributed by atoms with Crippen molar-refractivity contribution in [3.8, 4) is 0 Å². The summed E-state index contributed by atoms with van der Waals surface area (Å²) in [6.07, 6.45) is 0.988. The summed E-state index contributed by atoms with van der Waals surface area (Å²) in [5, 5.41) is 3.38. The lowest BCUT2D eigenvalue weighted by molar-refractivity contribution is 0.0693. The fourth-order valence-electron chi connectivity index (χ4n) is 2.55. The van der Waals surface area contributed by atoms with E-state index >= 15 is 0 Å². The molecule has 5 heteroatoms. The van der Waals surface area contributed by atoms with Gasteiger partial charge in [0.25, 0.3) is 5.91 Å². The molecule has 0 radical (unpaired) electrons. The second-order valence-electron chi connectivity index (χ2n) is 5.66. The molecule has 110 valence electrons. The van der Waals surface area contributed by atoms with Crippen molar-refractivity contribution >= 4 is 5.91 Å². The van der Waals surface area contributed by atoms with Crippen LogP contribution >= 0.6 is 0 Å². The van der Waals surface area contributed by atoms with Crippen molar-refractivity contribution in [3.63, 3.8) is 0 Å². The van der Waals surface area contributed by atoms with E-state index in [-0.39, 0.29) is 17.5 Å². The van der Waals surface area contributed by atoms with Crippen LogP contribution in [0.25, 0.3) is 0 Å². The van der Waals surface area contributed by atoms with Gasteiger partial charge in [0.2, 0.25) is 0 Å². The first-order chi connectivity index (χ1) is 9.47. The monoisotopic (exact) mass is 282 g/mol. The number of amides is 1. The van der Waals surface area contributed by atoms with Gasteiger partial charge in [-0.25, -0.2) is 8.78 Å². The number of piperazine rings is 1. The molecule has 2 rings (SSSR count). The van der Waals surface area contributed by atoms with Gasteiger partial charge in [0, 0.05) is 31.2 Å². The maximum absolute atomic E-state index is 13.2. The standard InChI is InChI=1S/C15H20F2N2O/c1-10(2)7-12-9-19(6-5-18-12)15(20)11-3-4-13(16)14(17)8-11/h3-4,8,10,12,18H,5-7,9H2,1-2H3. The molecule has 0 bridgehead atoms. The first kappa shape index (κ1) is 14.9. The van der Waals surface area contributed by atoms with Gasteiger partial charge < -0.3 is 10.2 Å². The molecular formula is C15H20F2N2O. The molecule has 0 spiro atoms. The molecule has 1 aliphatic rings. The van der Waals surface area contributed by atoms with Gasteiger partial charge in [-0.05, 0) is 30.5 Å². The number of hydrogen-bond acceptors (Lipinski definition) is 2. The topological polar surface area (TPSA) is 32.3 Å². The predicted octanol–water partition coefficient (Wildman–Crippen LogP) is 2.42. The van der Waals surface area contributed by atoms with Crippen molar-refractivity contribution in [2.24, 2.45) is 5.92 Å². The average Bonchev–Trinajstić information content (AvgIpc) is 2.40. The van der Waals surface area contributed by atoms with Gasteiger partial charge in [0.15, 0.2) is 11.6 Å².